The quantitative estimate of drug-likeness (QED) is 0.726. The Morgan fingerprint density at radius 1 is 1.11 bits per heavy atom. The average molecular weight is 361 g/mol. The second-order valence-electron chi connectivity index (χ2n) is 7.19. The monoisotopic (exact) mass is 361 g/mol. The van der Waals surface area contributed by atoms with Crippen LogP contribution < -0.4 is 0 Å². The summed E-state index contributed by atoms with van der Waals surface area (Å²) >= 11 is 0. The number of nitrogens with one attached hydrogen (secondary N) is 1. The molecule has 0 fully saturated rings. The van der Waals surface area contributed by atoms with Crippen molar-refractivity contribution in [2.75, 3.05) is 6.54 Å². The van der Waals surface area contributed by atoms with Crippen molar-refractivity contribution < 1.29 is 9.90 Å². The van der Waals surface area contributed by atoms with E-state index in [1.54, 1.807) is 6.07 Å². The minimum atomic E-state index is -0.207. The number of benzene rings is 2. The van der Waals surface area contributed by atoms with E-state index in [1.165, 1.54) is 5.56 Å². The summed E-state index contributed by atoms with van der Waals surface area (Å²) in [5.41, 5.74) is 5.91. The molecule has 3 aromatic rings. The van der Waals surface area contributed by atoms with Gasteiger partial charge < -0.3 is 10.0 Å². The van der Waals surface area contributed by atoms with Gasteiger partial charge in [0.25, 0.3) is 5.91 Å². The summed E-state index contributed by atoms with van der Waals surface area (Å²) in [6.45, 7) is 6.76. The number of carbonyl (C=O) groups is 1. The first kappa shape index (κ1) is 17.3. The first-order valence-electron chi connectivity index (χ1n) is 9.27. The summed E-state index contributed by atoms with van der Waals surface area (Å²) < 4.78 is 0. The lowest BCUT2D eigenvalue weighted by molar-refractivity contribution is 0.0744. The fraction of sp³-hybridized carbons (Fsp3) is 0.273. The van der Waals surface area contributed by atoms with E-state index in [-0.39, 0.29) is 17.7 Å². The lowest BCUT2D eigenvalue weighted by Crippen LogP contribution is -2.30. The Hall–Kier alpha value is -3.08. The first-order valence-corrected chi connectivity index (χ1v) is 9.27. The molecule has 1 amide bonds. The SMILES string of the molecule is CCCN1C(=O)c2[nH]nc(-c3cc(C)ccc3O)c2[C@@H]1c1ccc(C)cc1. The number of carbonyl (C=O) groups excluding carboxylic acids is 1. The Morgan fingerprint density at radius 2 is 1.81 bits per heavy atom. The Bertz CT molecular complexity index is 1000. The molecular weight excluding hydrogens is 338 g/mol. The zero-order valence-corrected chi connectivity index (χ0v) is 15.8. The summed E-state index contributed by atoms with van der Waals surface area (Å²) in [5.74, 6) is 0.127. The van der Waals surface area contributed by atoms with E-state index in [0.717, 1.165) is 23.1 Å². The van der Waals surface area contributed by atoms with Crippen LogP contribution in [0.3, 0.4) is 0 Å². The van der Waals surface area contributed by atoms with Gasteiger partial charge in [0.05, 0.1) is 6.04 Å². The number of aromatic hydroxyl groups is 1. The van der Waals surface area contributed by atoms with Crippen molar-refractivity contribution >= 4 is 5.91 Å². The molecule has 0 spiro atoms. The van der Waals surface area contributed by atoms with Crippen LogP contribution in [0.5, 0.6) is 5.75 Å². The van der Waals surface area contributed by atoms with Crippen molar-refractivity contribution in [1.29, 1.82) is 0 Å². The number of amides is 1. The van der Waals surface area contributed by atoms with Gasteiger partial charge in [-0.2, -0.15) is 5.10 Å². The lowest BCUT2D eigenvalue weighted by atomic mass is 9.94. The predicted octanol–water partition coefficient (Wildman–Crippen LogP) is 4.35. The second-order valence-corrected chi connectivity index (χ2v) is 7.19. The van der Waals surface area contributed by atoms with Crippen molar-refractivity contribution in [3.63, 3.8) is 0 Å². The van der Waals surface area contributed by atoms with Gasteiger partial charge in [0.1, 0.15) is 17.1 Å². The van der Waals surface area contributed by atoms with Gasteiger partial charge in [0, 0.05) is 17.7 Å². The van der Waals surface area contributed by atoms with Crippen molar-refractivity contribution in [1.82, 2.24) is 15.1 Å². The number of aromatic nitrogens is 2. The number of hydrogen-bond acceptors (Lipinski definition) is 3. The number of nitrogens with zero attached hydrogens (tertiary/aromatic N) is 2. The molecule has 5 nitrogen and oxygen atoms in total. The van der Waals surface area contributed by atoms with Crippen molar-refractivity contribution in [2.24, 2.45) is 0 Å². The maximum Gasteiger partial charge on any atom is 0.273 e. The molecule has 1 aliphatic heterocycles. The maximum absolute atomic E-state index is 13.0. The number of rotatable bonds is 4. The molecular formula is C22H23N3O2. The summed E-state index contributed by atoms with van der Waals surface area (Å²) in [6, 6.07) is 13.5. The van der Waals surface area contributed by atoms with Crippen LogP contribution in [0.2, 0.25) is 0 Å². The van der Waals surface area contributed by atoms with Crippen LogP contribution in [0.25, 0.3) is 11.3 Å². The largest absolute Gasteiger partial charge is 0.507 e. The average Bonchev–Trinajstić information content (AvgIpc) is 3.19. The number of phenolic OH excluding ortho intramolecular Hbond substituents is 1. The van der Waals surface area contributed by atoms with E-state index in [1.807, 2.05) is 30.9 Å². The predicted molar refractivity (Wildman–Crippen MR) is 105 cm³/mol. The summed E-state index contributed by atoms with van der Waals surface area (Å²) in [6.07, 6.45) is 0.872. The molecule has 2 aromatic carbocycles. The van der Waals surface area contributed by atoms with E-state index in [2.05, 4.69) is 41.4 Å². The van der Waals surface area contributed by atoms with E-state index in [0.29, 0.717) is 23.5 Å². The van der Waals surface area contributed by atoms with E-state index >= 15 is 0 Å². The molecule has 0 aliphatic carbocycles. The van der Waals surface area contributed by atoms with Crippen molar-refractivity contribution in [3.05, 3.63) is 70.4 Å². The normalized spacial score (nSPS) is 16.0. The van der Waals surface area contributed by atoms with E-state index in [4.69, 9.17) is 0 Å². The molecule has 2 heterocycles. The van der Waals surface area contributed by atoms with Crippen LogP contribution in [-0.2, 0) is 0 Å². The standard InChI is InChI=1S/C22H23N3O2/c1-4-11-25-21(15-8-5-13(2)6-9-15)18-19(23-24-20(18)22(25)27)16-12-14(3)7-10-17(16)26/h5-10,12,21,26H,4,11H2,1-3H3,(H,23,24)/t21-/m0/s1. The highest BCUT2D eigenvalue weighted by Crippen LogP contribution is 2.44. The molecule has 0 saturated carbocycles. The molecule has 0 saturated heterocycles. The van der Waals surface area contributed by atoms with Gasteiger partial charge in [0.15, 0.2) is 0 Å². The van der Waals surface area contributed by atoms with Gasteiger partial charge in [-0.25, -0.2) is 0 Å². The van der Waals surface area contributed by atoms with Crippen LogP contribution in [0.1, 0.15) is 52.1 Å². The Balaban J connectivity index is 1.92. The molecule has 138 valence electrons. The minimum Gasteiger partial charge on any atom is -0.507 e. The maximum atomic E-state index is 13.0. The Morgan fingerprint density at radius 3 is 2.52 bits per heavy atom. The number of fused-ring (bicyclic) bond motifs is 1. The van der Waals surface area contributed by atoms with Crippen LogP contribution in [0.15, 0.2) is 42.5 Å². The summed E-state index contributed by atoms with van der Waals surface area (Å²) in [7, 11) is 0. The molecule has 27 heavy (non-hydrogen) atoms. The zero-order chi connectivity index (χ0) is 19.1. The number of aromatic amines is 1. The number of aryl methyl sites for hydroxylation is 2. The molecule has 0 unspecified atom stereocenters. The van der Waals surface area contributed by atoms with Gasteiger partial charge in [-0.1, -0.05) is 48.4 Å². The van der Waals surface area contributed by atoms with Gasteiger partial charge in [0.2, 0.25) is 0 Å². The highest BCUT2D eigenvalue weighted by atomic mass is 16.3. The minimum absolute atomic E-state index is 0.0386. The van der Waals surface area contributed by atoms with Gasteiger partial charge in [-0.3, -0.25) is 9.89 Å². The van der Waals surface area contributed by atoms with Gasteiger partial charge >= 0.3 is 0 Å². The fourth-order valence-corrected chi connectivity index (χ4v) is 3.81. The molecule has 5 heteroatoms. The number of H-pyrrole nitrogens is 1. The third-order valence-electron chi connectivity index (χ3n) is 5.13. The Kier molecular flexibility index (Phi) is 4.22. The van der Waals surface area contributed by atoms with Crippen LogP contribution in [0.4, 0.5) is 0 Å². The third kappa shape index (κ3) is 2.79. The molecule has 1 aromatic heterocycles. The number of hydrogen-bond donors (Lipinski definition) is 2. The fourth-order valence-electron chi connectivity index (χ4n) is 3.81. The van der Waals surface area contributed by atoms with Crippen molar-refractivity contribution in [2.45, 2.75) is 33.2 Å². The van der Waals surface area contributed by atoms with Gasteiger partial charge in [-0.05, 0) is 38.0 Å². The van der Waals surface area contributed by atoms with E-state index in [9.17, 15) is 9.90 Å². The summed E-state index contributed by atoms with van der Waals surface area (Å²) in [5, 5.41) is 17.8. The first-order chi connectivity index (χ1) is 13.0. The van der Waals surface area contributed by atoms with Crippen molar-refractivity contribution in [3.8, 4) is 17.0 Å². The lowest BCUT2D eigenvalue weighted by Gasteiger charge is -2.26. The second kappa shape index (κ2) is 6.58. The molecule has 0 radical (unpaired) electrons. The van der Waals surface area contributed by atoms with E-state index < -0.39 is 0 Å². The zero-order valence-electron chi connectivity index (χ0n) is 15.8. The Labute approximate surface area is 158 Å². The molecule has 1 aliphatic rings. The molecule has 0 bridgehead atoms. The third-order valence-corrected chi connectivity index (χ3v) is 5.13. The molecule has 1 atom stereocenters. The highest BCUT2D eigenvalue weighted by Gasteiger charge is 2.42. The van der Waals surface area contributed by atoms with Crippen LogP contribution >= 0.6 is 0 Å². The summed E-state index contributed by atoms with van der Waals surface area (Å²) in [4.78, 5) is 14.9. The topological polar surface area (TPSA) is 69.2 Å². The highest BCUT2D eigenvalue weighted by molar-refractivity contribution is 6.00. The molecule has 4 rings (SSSR count). The van der Waals surface area contributed by atoms with Crippen LogP contribution in [-0.4, -0.2) is 32.7 Å². The smallest absolute Gasteiger partial charge is 0.273 e. The molecule has 2 N–H and O–H groups in total. The van der Waals surface area contributed by atoms with Gasteiger partial charge in [-0.15, -0.1) is 0 Å². The van der Waals surface area contributed by atoms with Crippen LogP contribution in [0, 0.1) is 13.8 Å². The number of phenols is 1.